The number of aromatic nitrogens is 2. The number of rotatable bonds is 4. The average Bonchev–Trinajstić information content (AvgIpc) is 3.15. The summed E-state index contributed by atoms with van der Waals surface area (Å²) in [7, 11) is 2.58. The molecule has 29 heavy (non-hydrogen) atoms. The van der Waals surface area contributed by atoms with Crippen molar-refractivity contribution in [2.75, 3.05) is 0 Å². The number of carbonyl (C=O) groups is 1. The number of carbonyl (C=O) groups excluding carboxylic acids is 1. The van der Waals surface area contributed by atoms with Gasteiger partial charge in [0.05, 0.1) is 16.7 Å². The summed E-state index contributed by atoms with van der Waals surface area (Å²) in [6.07, 6.45) is 0.174. The van der Waals surface area contributed by atoms with Gasteiger partial charge in [-0.25, -0.2) is 9.80 Å². The lowest BCUT2D eigenvalue weighted by atomic mass is 9.98. The summed E-state index contributed by atoms with van der Waals surface area (Å²) in [5, 5.41) is 26.9. The predicted octanol–water partition coefficient (Wildman–Crippen LogP) is 0.785. The highest BCUT2D eigenvalue weighted by atomic mass is 16.6. The Hall–Kier alpha value is -3.76. The van der Waals surface area contributed by atoms with Crippen LogP contribution in [0.5, 0.6) is 5.88 Å². The van der Waals surface area contributed by atoms with Crippen LogP contribution in [0.3, 0.4) is 0 Å². The summed E-state index contributed by atoms with van der Waals surface area (Å²) in [4.78, 5) is 47.6. The highest BCUT2D eigenvalue weighted by Crippen LogP contribution is 2.35. The van der Waals surface area contributed by atoms with Gasteiger partial charge in [-0.3, -0.25) is 28.8 Å². The molecule has 0 spiro atoms. The molecule has 1 amide bonds. The number of nitro groups is 1. The molecular weight excluding hydrogens is 382 g/mol. The first-order chi connectivity index (χ1) is 13.7. The Labute approximate surface area is 164 Å². The van der Waals surface area contributed by atoms with Crippen molar-refractivity contribution in [3.63, 3.8) is 0 Å². The SMILES string of the molecule is CCC(=O)N1N=C(c2c(O)n(C)c(=O)n(C)c2=O)CC1c1cccc([N+](=O)[O-])c1. The van der Waals surface area contributed by atoms with Gasteiger partial charge < -0.3 is 5.11 Å². The molecule has 1 aliphatic heterocycles. The lowest BCUT2D eigenvalue weighted by Crippen LogP contribution is -2.39. The highest BCUT2D eigenvalue weighted by molar-refractivity contribution is 6.04. The van der Waals surface area contributed by atoms with E-state index in [0.717, 1.165) is 9.13 Å². The van der Waals surface area contributed by atoms with Crippen LogP contribution in [-0.4, -0.2) is 35.8 Å². The van der Waals surface area contributed by atoms with E-state index >= 15 is 0 Å². The van der Waals surface area contributed by atoms with Gasteiger partial charge in [-0.15, -0.1) is 0 Å². The second-order valence-corrected chi connectivity index (χ2v) is 6.61. The average molecular weight is 401 g/mol. The molecule has 0 saturated heterocycles. The zero-order valence-electron chi connectivity index (χ0n) is 16.0. The Balaban J connectivity index is 2.14. The molecule has 1 atom stereocenters. The Morgan fingerprint density at radius 3 is 2.62 bits per heavy atom. The maximum atomic E-state index is 12.6. The largest absolute Gasteiger partial charge is 0.494 e. The van der Waals surface area contributed by atoms with E-state index in [9.17, 15) is 29.6 Å². The Bertz CT molecular complexity index is 1160. The van der Waals surface area contributed by atoms with Crippen LogP contribution in [0.4, 0.5) is 5.69 Å². The molecule has 0 saturated carbocycles. The molecule has 3 rings (SSSR count). The fourth-order valence-electron chi connectivity index (χ4n) is 3.24. The maximum absolute atomic E-state index is 12.6. The van der Waals surface area contributed by atoms with Crippen molar-refractivity contribution in [1.29, 1.82) is 0 Å². The van der Waals surface area contributed by atoms with Gasteiger partial charge >= 0.3 is 5.69 Å². The summed E-state index contributed by atoms with van der Waals surface area (Å²) in [6, 6.07) is 5.13. The number of amides is 1. The van der Waals surface area contributed by atoms with Crippen molar-refractivity contribution in [3.05, 3.63) is 66.3 Å². The molecule has 2 aromatic rings. The smallest absolute Gasteiger partial charge is 0.333 e. The topological polar surface area (TPSA) is 140 Å². The zero-order valence-corrected chi connectivity index (χ0v) is 16.0. The van der Waals surface area contributed by atoms with E-state index in [2.05, 4.69) is 5.10 Å². The number of non-ortho nitro benzene ring substituents is 1. The van der Waals surface area contributed by atoms with Gasteiger partial charge in [0, 0.05) is 39.1 Å². The number of hydrogen-bond donors (Lipinski definition) is 1. The Morgan fingerprint density at radius 2 is 2.00 bits per heavy atom. The van der Waals surface area contributed by atoms with Crippen molar-refractivity contribution >= 4 is 17.3 Å². The summed E-state index contributed by atoms with van der Waals surface area (Å²) in [6.45, 7) is 1.64. The van der Waals surface area contributed by atoms with Crippen molar-refractivity contribution in [3.8, 4) is 5.88 Å². The second kappa shape index (κ2) is 7.34. The molecule has 11 nitrogen and oxygen atoms in total. The second-order valence-electron chi connectivity index (χ2n) is 6.61. The molecule has 2 heterocycles. The molecule has 0 radical (unpaired) electrons. The van der Waals surface area contributed by atoms with E-state index in [1.165, 1.54) is 37.3 Å². The van der Waals surface area contributed by atoms with E-state index in [1.807, 2.05) is 0 Å². The monoisotopic (exact) mass is 401 g/mol. The third-order valence-corrected chi connectivity index (χ3v) is 4.86. The van der Waals surface area contributed by atoms with Gasteiger partial charge in [-0.1, -0.05) is 19.1 Å². The summed E-state index contributed by atoms with van der Waals surface area (Å²) in [5.41, 5.74) is -1.17. The van der Waals surface area contributed by atoms with Gasteiger partial charge in [-0.2, -0.15) is 5.10 Å². The molecule has 11 heteroatoms. The van der Waals surface area contributed by atoms with E-state index in [-0.39, 0.29) is 35.7 Å². The summed E-state index contributed by atoms with van der Waals surface area (Å²) < 4.78 is 1.75. The van der Waals surface area contributed by atoms with E-state index < -0.39 is 28.1 Å². The normalized spacial score (nSPS) is 16.0. The molecule has 152 valence electrons. The van der Waals surface area contributed by atoms with Crippen LogP contribution in [0.1, 0.15) is 36.9 Å². The van der Waals surface area contributed by atoms with Crippen LogP contribution < -0.4 is 11.2 Å². The van der Waals surface area contributed by atoms with Gasteiger partial charge in [0.25, 0.3) is 11.2 Å². The van der Waals surface area contributed by atoms with Crippen molar-refractivity contribution in [1.82, 2.24) is 14.1 Å². The predicted molar refractivity (Wildman–Crippen MR) is 103 cm³/mol. The lowest BCUT2D eigenvalue weighted by molar-refractivity contribution is -0.384. The number of benzene rings is 1. The third-order valence-electron chi connectivity index (χ3n) is 4.86. The molecular formula is C18H19N5O6. The van der Waals surface area contributed by atoms with Crippen molar-refractivity contribution in [2.45, 2.75) is 25.8 Å². The molecule has 1 N–H and O–H groups in total. The summed E-state index contributed by atoms with van der Waals surface area (Å²) in [5.74, 6) is -0.905. The van der Waals surface area contributed by atoms with Crippen LogP contribution in [0.25, 0.3) is 0 Å². The van der Waals surface area contributed by atoms with Crippen LogP contribution >= 0.6 is 0 Å². The van der Waals surface area contributed by atoms with Gasteiger partial charge in [-0.05, 0) is 5.56 Å². The molecule has 0 fully saturated rings. The molecule has 0 bridgehead atoms. The number of aromatic hydroxyl groups is 1. The van der Waals surface area contributed by atoms with Crippen LogP contribution in [0, 0.1) is 10.1 Å². The molecule has 1 unspecified atom stereocenters. The Kier molecular flexibility index (Phi) is 5.06. The minimum Gasteiger partial charge on any atom is -0.494 e. The van der Waals surface area contributed by atoms with E-state index in [4.69, 9.17) is 0 Å². The fraction of sp³-hybridized carbons (Fsp3) is 0.333. The fourth-order valence-corrected chi connectivity index (χ4v) is 3.24. The third kappa shape index (κ3) is 3.30. The lowest BCUT2D eigenvalue weighted by Gasteiger charge is -2.21. The van der Waals surface area contributed by atoms with Gasteiger partial charge in [0.15, 0.2) is 0 Å². The number of nitro benzene ring substituents is 1. The molecule has 1 aromatic carbocycles. The van der Waals surface area contributed by atoms with Crippen LogP contribution in [0.15, 0.2) is 39.0 Å². The minimum atomic E-state index is -0.743. The van der Waals surface area contributed by atoms with Crippen LogP contribution in [0.2, 0.25) is 0 Å². The van der Waals surface area contributed by atoms with E-state index in [0.29, 0.717) is 5.56 Å². The molecule has 0 aliphatic carbocycles. The van der Waals surface area contributed by atoms with Crippen molar-refractivity contribution < 1.29 is 14.8 Å². The van der Waals surface area contributed by atoms with Crippen molar-refractivity contribution in [2.24, 2.45) is 19.2 Å². The quantitative estimate of drug-likeness (QED) is 0.593. The first kappa shape index (κ1) is 20.0. The highest BCUT2D eigenvalue weighted by Gasteiger charge is 2.35. The molecule has 1 aromatic heterocycles. The van der Waals surface area contributed by atoms with E-state index in [1.54, 1.807) is 13.0 Å². The van der Waals surface area contributed by atoms with Crippen LogP contribution in [-0.2, 0) is 18.9 Å². The summed E-state index contributed by atoms with van der Waals surface area (Å²) >= 11 is 0. The minimum absolute atomic E-state index is 0.0495. The van der Waals surface area contributed by atoms with Gasteiger partial charge in [0.1, 0.15) is 5.56 Å². The maximum Gasteiger partial charge on any atom is 0.333 e. The first-order valence-corrected chi connectivity index (χ1v) is 8.80. The standard InChI is InChI=1S/C18H19N5O6/c1-4-14(24)22-13(10-6-5-7-11(8-10)23(28)29)9-12(19-22)15-16(25)20(2)18(27)21(3)17(15)26/h5-8,13,25H,4,9H2,1-3H3. The number of hydrogen-bond acceptors (Lipinski definition) is 7. The number of hydrazone groups is 1. The Morgan fingerprint density at radius 1 is 1.31 bits per heavy atom. The van der Waals surface area contributed by atoms with Gasteiger partial charge in [0.2, 0.25) is 11.8 Å². The zero-order chi connectivity index (χ0) is 21.5. The first-order valence-electron chi connectivity index (χ1n) is 8.80. The molecule has 1 aliphatic rings. The number of nitrogens with zero attached hydrogens (tertiary/aromatic N) is 5.